The SMILES string of the molecule is CC(Br)c1ccc2c(c1)OCCO2. The van der Waals surface area contributed by atoms with Crippen LogP contribution in [0.4, 0.5) is 0 Å². The summed E-state index contributed by atoms with van der Waals surface area (Å²) in [6, 6.07) is 6.03. The highest BCUT2D eigenvalue weighted by Crippen LogP contribution is 2.34. The molecule has 0 aliphatic carbocycles. The first-order valence-corrected chi connectivity index (χ1v) is 5.22. The lowest BCUT2D eigenvalue weighted by atomic mass is 10.1. The molecule has 2 nitrogen and oxygen atoms in total. The molecule has 1 aliphatic heterocycles. The zero-order chi connectivity index (χ0) is 9.26. The number of benzene rings is 1. The Labute approximate surface area is 86.0 Å². The van der Waals surface area contributed by atoms with E-state index in [4.69, 9.17) is 9.47 Å². The van der Waals surface area contributed by atoms with Gasteiger partial charge >= 0.3 is 0 Å². The van der Waals surface area contributed by atoms with E-state index in [9.17, 15) is 0 Å². The fourth-order valence-electron chi connectivity index (χ4n) is 1.31. The molecule has 1 aliphatic rings. The molecule has 0 radical (unpaired) electrons. The zero-order valence-corrected chi connectivity index (χ0v) is 9.00. The van der Waals surface area contributed by atoms with E-state index in [1.54, 1.807) is 0 Å². The molecule has 0 saturated carbocycles. The summed E-state index contributed by atoms with van der Waals surface area (Å²) in [7, 11) is 0. The molecule has 1 unspecified atom stereocenters. The second kappa shape index (κ2) is 3.58. The van der Waals surface area contributed by atoms with Gasteiger partial charge in [-0.25, -0.2) is 0 Å². The largest absolute Gasteiger partial charge is 0.486 e. The van der Waals surface area contributed by atoms with Crippen molar-refractivity contribution in [3.05, 3.63) is 23.8 Å². The Kier molecular flexibility index (Phi) is 2.44. The molecule has 1 atom stereocenters. The van der Waals surface area contributed by atoms with Crippen LogP contribution in [0.3, 0.4) is 0 Å². The summed E-state index contributed by atoms with van der Waals surface area (Å²) in [5.41, 5.74) is 1.21. The molecule has 0 amide bonds. The number of halogens is 1. The van der Waals surface area contributed by atoms with Gasteiger partial charge in [-0.3, -0.25) is 0 Å². The maximum absolute atomic E-state index is 5.47. The zero-order valence-electron chi connectivity index (χ0n) is 7.42. The van der Waals surface area contributed by atoms with E-state index in [-0.39, 0.29) is 0 Å². The fourth-order valence-corrected chi connectivity index (χ4v) is 1.59. The molecule has 1 heterocycles. The molecule has 1 aromatic rings. The molecule has 70 valence electrons. The molecule has 13 heavy (non-hydrogen) atoms. The first-order valence-electron chi connectivity index (χ1n) is 4.31. The first kappa shape index (κ1) is 8.88. The predicted molar refractivity (Wildman–Crippen MR) is 54.8 cm³/mol. The number of hydrogen-bond donors (Lipinski definition) is 0. The maximum atomic E-state index is 5.47. The molecule has 0 fully saturated rings. The van der Waals surface area contributed by atoms with Gasteiger partial charge in [-0.15, -0.1) is 0 Å². The van der Waals surface area contributed by atoms with E-state index in [1.165, 1.54) is 5.56 Å². The van der Waals surface area contributed by atoms with Crippen LogP contribution in [0.2, 0.25) is 0 Å². The summed E-state index contributed by atoms with van der Waals surface area (Å²) < 4.78 is 10.9. The van der Waals surface area contributed by atoms with Gasteiger partial charge in [0.15, 0.2) is 11.5 Å². The average molecular weight is 243 g/mol. The highest BCUT2D eigenvalue weighted by molar-refractivity contribution is 9.09. The van der Waals surface area contributed by atoms with Gasteiger partial charge < -0.3 is 9.47 Å². The molecular formula is C10H11BrO2. The predicted octanol–water partition coefficient (Wildman–Crippen LogP) is 2.91. The minimum absolute atomic E-state index is 0.350. The number of hydrogen-bond acceptors (Lipinski definition) is 2. The van der Waals surface area contributed by atoms with Crippen molar-refractivity contribution < 1.29 is 9.47 Å². The first-order chi connectivity index (χ1) is 6.27. The minimum atomic E-state index is 0.350. The van der Waals surface area contributed by atoms with Crippen LogP contribution in [0.5, 0.6) is 11.5 Å². The number of rotatable bonds is 1. The van der Waals surface area contributed by atoms with Crippen molar-refractivity contribution in [1.29, 1.82) is 0 Å². The van der Waals surface area contributed by atoms with Crippen molar-refractivity contribution >= 4 is 15.9 Å². The van der Waals surface area contributed by atoms with Crippen LogP contribution in [-0.4, -0.2) is 13.2 Å². The fraction of sp³-hybridized carbons (Fsp3) is 0.400. The van der Waals surface area contributed by atoms with Gasteiger partial charge in [-0.2, -0.15) is 0 Å². The number of alkyl halides is 1. The van der Waals surface area contributed by atoms with Gasteiger partial charge in [-0.1, -0.05) is 22.0 Å². The number of ether oxygens (including phenoxy) is 2. The Hall–Kier alpha value is -0.700. The van der Waals surface area contributed by atoms with Crippen LogP contribution in [-0.2, 0) is 0 Å². The third-order valence-electron chi connectivity index (χ3n) is 2.03. The highest BCUT2D eigenvalue weighted by atomic mass is 79.9. The number of fused-ring (bicyclic) bond motifs is 1. The lowest BCUT2D eigenvalue weighted by Crippen LogP contribution is -2.15. The van der Waals surface area contributed by atoms with Gasteiger partial charge in [0.2, 0.25) is 0 Å². The lowest BCUT2D eigenvalue weighted by Gasteiger charge is -2.19. The van der Waals surface area contributed by atoms with E-state index in [0.717, 1.165) is 11.5 Å². The van der Waals surface area contributed by atoms with Gasteiger partial charge in [0.05, 0.1) is 0 Å². The van der Waals surface area contributed by atoms with Crippen molar-refractivity contribution in [1.82, 2.24) is 0 Å². The minimum Gasteiger partial charge on any atom is -0.486 e. The molecule has 1 aromatic carbocycles. The lowest BCUT2D eigenvalue weighted by molar-refractivity contribution is 0.171. The summed E-state index contributed by atoms with van der Waals surface area (Å²) in [5, 5.41) is 0. The summed E-state index contributed by atoms with van der Waals surface area (Å²) >= 11 is 3.51. The Bertz CT molecular complexity index is 310. The Morgan fingerprint density at radius 3 is 2.62 bits per heavy atom. The van der Waals surface area contributed by atoms with Crippen molar-refractivity contribution in [2.75, 3.05) is 13.2 Å². The van der Waals surface area contributed by atoms with Gasteiger partial charge in [0.25, 0.3) is 0 Å². The van der Waals surface area contributed by atoms with E-state index in [0.29, 0.717) is 18.0 Å². The Balaban J connectivity index is 2.35. The van der Waals surface area contributed by atoms with Crippen LogP contribution in [0.25, 0.3) is 0 Å². The monoisotopic (exact) mass is 242 g/mol. The highest BCUT2D eigenvalue weighted by Gasteiger charge is 2.12. The summed E-state index contributed by atoms with van der Waals surface area (Å²) in [6.07, 6.45) is 0. The van der Waals surface area contributed by atoms with Crippen LogP contribution in [0.15, 0.2) is 18.2 Å². The molecule has 0 N–H and O–H groups in total. The van der Waals surface area contributed by atoms with Gasteiger partial charge in [0, 0.05) is 4.83 Å². The van der Waals surface area contributed by atoms with Crippen molar-refractivity contribution in [3.8, 4) is 11.5 Å². The molecule has 2 rings (SSSR count). The smallest absolute Gasteiger partial charge is 0.161 e. The Morgan fingerprint density at radius 2 is 1.92 bits per heavy atom. The summed E-state index contributed by atoms with van der Waals surface area (Å²) in [6.45, 7) is 3.38. The van der Waals surface area contributed by atoms with E-state index in [2.05, 4.69) is 22.9 Å². The van der Waals surface area contributed by atoms with Gasteiger partial charge in [0.1, 0.15) is 13.2 Å². The molecule has 0 saturated heterocycles. The van der Waals surface area contributed by atoms with E-state index in [1.807, 2.05) is 18.2 Å². The Morgan fingerprint density at radius 1 is 1.23 bits per heavy atom. The standard InChI is InChI=1S/C10H11BrO2/c1-7(11)8-2-3-9-10(6-8)13-5-4-12-9/h2-3,6-7H,4-5H2,1H3. The molecule has 0 spiro atoms. The van der Waals surface area contributed by atoms with Crippen LogP contribution in [0, 0.1) is 0 Å². The second-order valence-corrected chi connectivity index (χ2v) is 4.39. The van der Waals surface area contributed by atoms with Crippen molar-refractivity contribution in [2.24, 2.45) is 0 Å². The maximum Gasteiger partial charge on any atom is 0.161 e. The third kappa shape index (κ3) is 1.80. The van der Waals surface area contributed by atoms with Crippen molar-refractivity contribution in [2.45, 2.75) is 11.8 Å². The molecule has 0 aromatic heterocycles. The quantitative estimate of drug-likeness (QED) is 0.706. The van der Waals surface area contributed by atoms with E-state index >= 15 is 0 Å². The molecular weight excluding hydrogens is 232 g/mol. The van der Waals surface area contributed by atoms with Gasteiger partial charge in [-0.05, 0) is 24.6 Å². The second-order valence-electron chi connectivity index (χ2n) is 3.02. The van der Waals surface area contributed by atoms with Crippen molar-refractivity contribution in [3.63, 3.8) is 0 Å². The third-order valence-corrected chi connectivity index (χ3v) is 2.55. The van der Waals surface area contributed by atoms with Crippen LogP contribution in [0.1, 0.15) is 17.3 Å². The topological polar surface area (TPSA) is 18.5 Å². The van der Waals surface area contributed by atoms with Crippen LogP contribution >= 0.6 is 15.9 Å². The van der Waals surface area contributed by atoms with Crippen LogP contribution < -0.4 is 9.47 Å². The average Bonchev–Trinajstić information content (AvgIpc) is 2.17. The molecule has 3 heteroatoms. The summed E-state index contributed by atoms with van der Waals surface area (Å²) in [5.74, 6) is 1.71. The molecule has 0 bridgehead atoms. The normalized spacial score (nSPS) is 16.8. The van der Waals surface area contributed by atoms with E-state index < -0.39 is 0 Å². The summed E-state index contributed by atoms with van der Waals surface area (Å²) in [4.78, 5) is 0.350.